The first-order valence-corrected chi connectivity index (χ1v) is 9.28. The van der Waals surface area contributed by atoms with E-state index in [1.54, 1.807) is 0 Å². The molecule has 27 heavy (non-hydrogen) atoms. The lowest BCUT2D eigenvalue weighted by molar-refractivity contribution is 1.26. The van der Waals surface area contributed by atoms with Crippen LogP contribution in [0.25, 0.3) is 22.3 Å². The summed E-state index contributed by atoms with van der Waals surface area (Å²) in [7, 11) is 0. The van der Waals surface area contributed by atoms with Crippen LogP contribution in [-0.4, -0.2) is 6.21 Å². The molecule has 4 aromatic carbocycles. The maximum Gasteiger partial charge on any atom is 0.0633 e. The molecule has 0 atom stereocenters. The van der Waals surface area contributed by atoms with Crippen LogP contribution in [0, 0.1) is 0 Å². The van der Waals surface area contributed by atoms with E-state index in [0.29, 0.717) is 0 Å². The Kier molecular flexibility index (Phi) is 3.91. The number of benzene rings is 4. The SMILES string of the molecule is C(=Nc1ccc2c(c1)Cc1ccccc1-2)c1ccc(-c2ccccc2)cc1. The van der Waals surface area contributed by atoms with Gasteiger partial charge >= 0.3 is 0 Å². The first kappa shape index (κ1) is 15.8. The zero-order valence-corrected chi connectivity index (χ0v) is 15.0. The largest absolute Gasteiger partial charge is 0.256 e. The highest BCUT2D eigenvalue weighted by molar-refractivity contribution is 5.84. The average Bonchev–Trinajstić information content (AvgIpc) is 3.11. The number of fused-ring (bicyclic) bond motifs is 3. The van der Waals surface area contributed by atoms with Gasteiger partial charge in [0.15, 0.2) is 0 Å². The van der Waals surface area contributed by atoms with Crippen molar-refractivity contribution >= 4 is 11.9 Å². The Balaban J connectivity index is 1.37. The number of hydrogen-bond donors (Lipinski definition) is 0. The van der Waals surface area contributed by atoms with E-state index in [2.05, 4.69) is 91.0 Å². The van der Waals surface area contributed by atoms with Crippen LogP contribution >= 0.6 is 0 Å². The van der Waals surface area contributed by atoms with Gasteiger partial charge in [0, 0.05) is 6.21 Å². The molecular weight excluding hydrogens is 326 g/mol. The first-order valence-electron chi connectivity index (χ1n) is 9.28. The van der Waals surface area contributed by atoms with E-state index < -0.39 is 0 Å². The Labute approximate surface area is 159 Å². The molecule has 0 fully saturated rings. The van der Waals surface area contributed by atoms with E-state index in [9.17, 15) is 0 Å². The maximum atomic E-state index is 4.69. The third kappa shape index (κ3) is 3.09. The summed E-state index contributed by atoms with van der Waals surface area (Å²) < 4.78 is 0. The van der Waals surface area contributed by atoms with Gasteiger partial charge in [0.05, 0.1) is 5.69 Å². The van der Waals surface area contributed by atoms with Crippen molar-refractivity contribution in [2.45, 2.75) is 6.42 Å². The van der Waals surface area contributed by atoms with Crippen molar-refractivity contribution in [3.05, 3.63) is 114 Å². The van der Waals surface area contributed by atoms with Crippen LogP contribution in [0.1, 0.15) is 16.7 Å². The van der Waals surface area contributed by atoms with Gasteiger partial charge in [-0.25, -0.2) is 0 Å². The molecule has 0 aromatic heterocycles. The van der Waals surface area contributed by atoms with Crippen LogP contribution in [-0.2, 0) is 6.42 Å². The van der Waals surface area contributed by atoms with Crippen molar-refractivity contribution in [1.82, 2.24) is 0 Å². The van der Waals surface area contributed by atoms with Gasteiger partial charge in [0.1, 0.15) is 0 Å². The molecule has 0 bridgehead atoms. The van der Waals surface area contributed by atoms with Gasteiger partial charge in [-0.05, 0) is 57.5 Å². The Bertz CT molecular complexity index is 1120. The third-order valence-electron chi connectivity index (χ3n) is 5.16. The molecule has 0 heterocycles. The number of aliphatic imine (C=N–C) groups is 1. The lowest BCUT2D eigenvalue weighted by atomic mass is 10.0. The second kappa shape index (κ2) is 6.69. The molecular formula is C26H19N. The number of rotatable bonds is 3. The fourth-order valence-electron chi connectivity index (χ4n) is 3.75. The van der Waals surface area contributed by atoms with Crippen LogP contribution in [0.3, 0.4) is 0 Å². The van der Waals surface area contributed by atoms with Gasteiger partial charge in [0.2, 0.25) is 0 Å². The van der Waals surface area contributed by atoms with Crippen LogP contribution in [0.5, 0.6) is 0 Å². The molecule has 0 aliphatic heterocycles. The summed E-state index contributed by atoms with van der Waals surface area (Å²) in [5, 5.41) is 0. The van der Waals surface area contributed by atoms with E-state index in [0.717, 1.165) is 17.7 Å². The molecule has 128 valence electrons. The quantitative estimate of drug-likeness (QED) is 0.324. The van der Waals surface area contributed by atoms with E-state index in [4.69, 9.17) is 4.99 Å². The van der Waals surface area contributed by atoms with Crippen molar-refractivity contribution in [2.75, 3.05) is 0 Å². The average molecular weight is 345 g/mol. The number of hydrogen-bond acceptors (Lipinski definition) is 1. The highest BCUT2D eigenvalue weighted by Crippen LogP contribution is 2.38. The monoisotopic (exact) mass is 345 g/mol. The third-order valence-corrected chi connectivity index (χ3v) is 5.16. The number of nitrogens with zero attached hydrogens (tertiary/aromatic N) is 1. The van der Waals surface area contributed by atoms with E-state index in [1.165, 1.54) is 33.4 Å². The normalized spacial score (nSPS) is 12.1. The summed E-state index contributed by atoms with van der Waals surface area (Å²) >= 11 is 0. The van der Waals surface area contributed by atoms with Crippen LogP contribution in [0.2, 0.25) is 0 Å². The topological polar surface area (TPSA) is 12.4 Å². The zero-order chi connectivity index (χ0) is 18.1. The molecule has 5 rings (SSSR count). The smallest absolute Gasteiger partial charge is 0.0633 e. The van der Waals surface area contributed by atoms with Crippen LogP contribution < -0.4 is 0 Å². The zero-order valence-electron chi connectivity index (χ0n) is 15.0. The summed E-state index contributed by atoms with van der Waals surface area (Å²) in [4.78, 5) is 4.69. The van der Waals surface area contributed by atoms with Gasteiger partial charge in [-0.1, -0.05) is 84.9 Å². The minimum absolute atomic E-state index is 1.00. The summed E-state index contributed by atoms with van der Waals surface area (Å²) in [5.41, 5.74) is 10.1. The Morgan fingerprint density at radius 2 is 1.30 bits per heavy atom. The fraction of sp³-hybridized carbons (Fsp3) is 0.0385. The summed E-state index contributed by atoms with van der Waals surface area (Å²) in [6.07, 6.45) is 2.94. The second-order valence-electron chi connectivity index (χ2n) is 6.92. The predicted molar refractivity (Wildman–Crippen MR) is 114 cm³/mol. The highest BCUT2D eigenvalue weighted by Gasteiger charge is 2.17. The minimum atomic E-state index is 1.00. The molecule has 1 aliphatic carbocycles. The minimum Gasteiger partial charge on any atom is -0.256 e. The van der Waals surface area contributed by atoms with Gasteiger partial charge in [-0.2, -0.15) is 0 Å². The molecule has 0 N–H and O–H groups in total. The van der Waals surface area contributed by atoms with Gasteiger partial charge in [-0.15, -0.1) is 0 Å². The first-order chi connectivity index (χ1) is 13.4. The second-order valence-corrected chi connectivity index (χ2v) is 6.92. The van der Waals surface area contributed by atoms with Crippen molar-refractivity contribution in [3.8, 4) is 22.3 Å². The van der Waals surface area contributed by atoms with Gasteiger partial charge in [0.25, 0.3) is 0 Å². The molecule has 0 amide bonds. The van der Waals surface area contributed by atoms with Crippen molar-refractivity contribution < 1.29 is 0 Å². The molecule has 0 spiro atoms. The maximum absolute atomic E-state index is 4.69. The lowest BCUT2D eigenvalue weighted by Crippen LogP contribution is -1.83. The molecule has 0 saturated heterocycles. The van der Waals surface area contributed by atoms with Crippen molar-refractivity contribution in [2.24, 2.45) is 4.99 Å². The molecule has 1 nitrogen and oxygen atoms in total. The standard InChI is InChI=1S/C26H19N/c1-2-6-20(7-3-1)21-12-10-19(11-13-21)18-27-24-14-15-26-23(17-24)16-22-8-4-5-9-25(22)26/h1-15,17-18H,16H2. The van der Waals surface area contributed by atoms with Gasteiger partial charge < -0.3 is 0 Å². The Morgan fingerprint density at radius 3 is 2.15 bits per heavy atom. The molecule has 0 radical (unpaired) electrons. The fourth-order valence-corrected chi connectivity index (χ4v) is 3.75. The molecule has 1 aliphatic rings. The highest BCUT2D eigenvalue weighted by atomic mass is 14.7. The van der Waals surface area contributed by atoms with E-state index >= 15 is 0 Å². The van der Waals surface area contributed by atoms with Gasteiger partial charge in [-0.3, -0.25) is 4.99 Å². The predicted octanol–water partition coefficient (Wildman–Crippen LogP) is 6.68. The van der Waals surface area contributed by atoms with E-state index in [-0.39, 0.29) is 0 Å². The lowest BCUT2D eigenvalue weighted by Gasteiger charge is -2.03. The van der Waals surface area contributed by atoms with Crippen LogP contribution in [0.4, 0.5) is 5.69 Å². The Hall–Kier alpha value is -3.45. The molecule has 1 heteroatoms. The summed E-state index contributed by atoms with van der Waals surface area (Å²) in [6.45, 7) is 0. The van der Waals surface area contributed by atoms with Crippen molar-refractivity contribution in [1.29, 1.82) is 0 Å². The molecule has 4 aromatic rings. The van der Waals surface area contributed by atoms with E-state index in [1.807, 2.05) is 12.3 Å². The molecule has 0 unspecified atom stereocenters. The van der Waals surface area contributed by atoms with Crippen molar-refractivity contribution in [3.63, 3.8) is 0 Å². The van der Waals surface area contributed by atoms with Crippen LogP contribution in [0.15, 0.2) is 102 Å². The summed E-state index contributed by atoms with van der Waals surface area (Å²) in [6, 6.07) is 34.1. The summed E-state index contributed by atoms with van der Waals surface area (Å²) in [5.74, 6) is 0. The molecule has 0 saturated carbocycles. The Morgan fingerprint density at radius 1 is 0.593 bits per heavy atom.